The number of anilines is 1. The molecule has 0 aliphatic carbocycles. The standard InChI is InChI=1S/C26H19F3N6O2/c1-15-5-6-17(24(36)35-11-9-16-7-8-18(13-20(16)35)26(27,28)29)12-21(15)37-23-19(4-3-10-31-23)22-32-14-33-25(30-2)34-22/h3-14H,1-2H3,(H,30,32,33,34). The molecule has 0 unspecified atom stereocenters. The Morgan fingerprint density at radius 1 is 1.03 bits per heavy atom. The van der Waals surface area contributed by atoms with Crippen LogP contribution < -0.4 is 10.1 Å². The second kappa shape index (κ2) is 9.34. The van der Waals surface area contributed by atoms with Crippen LogP contribution in [0.3, 0.4) is 0 Å². The first-order valence-corrected chi connectivity index (χ1v) is 11.1. The minimum atomic E-state index is -4.52. The average molecular weight is 504 g/mol. The Morgan fingerprint density at radius 2 is 1.86 bits per heavy atom. The molecule has 0 radical (unpaired) electrons. The Balaban J connectivity index is 1.51. The Kier molecular flexibility index (Phi) is 6.04. The summed E-state index contributed by atoms with van der Waals surface area (Å²) in [6, 6.07) is 13.2. The van der Waals surface area contributed by atoms with Gasteiger partial charge < -0.3 is 10.1 Å². The van der Waals surface area contributed by atoms with E-state index in [2.05, 4.69) is 25.3 Å². The number of benzene rings is 2. The molecule has 8 nitrogen and oxygen atoms in total. The first-order chi connectivity index (χ1) is 17.7. The van der Waals surface area contributed by atoms with Crippen LogP contribution in [-0.4, -0.2) is 37.5 Å². The third-order valence-electron chi connectivity index (χ3n) is 5.69. The Labute approximate surface area is 208 Å². The molecule has 0 spiro atoms. The van der Waals surface area contributed by atoms with E-state index in [-0.39, 0.29) is 17.0 Å². The third kappa shape index (κ3) is 4.70. The average Bonchev–Trinajstić information content (AvgIpc) is 3.33. The van der Waals surface area contributed by atoms with Crippen molar-refractivity contribution in [3.8, 4) is 23.0 Å². The lowest BCUT2D eigenvalue weighted by Crippen LogP contribution is -2.12. The second-order valence-corrected chi connectivity index (χ2v) is 8.08. The molecule has 0 atom stereocenters. The molecule has 3 heterocycles. The highest BCUT2D eigenvalue weighted by Crippen LogP contribution is 2.34. The molecule has 5 aromatic rings. The summed E-state index contributed by atoms with van der Waals surface area (Å²) in [6.45, 7) is 1.80. The number of hydrogen-bond acceptors (Lipinski definition) is 7. The van der Waals surface area contributed by atoms with Gasteiger partial charge in [0.15, 0.2) is 5.82 Å². The van der Waals surface area contributed by atoms with Gasteiger partial charge in [0.1, 0.15) is 12.1 Å². The first kappa shape index (κ1) is 23.9. The second-order valence-electron chi connectivity index (χ2n) is 8.08. The van der Waals surface area contributed by atoms with Crippen LogP contribution >= 0.6 is 0 Å². The molecule has 11 heteroatoms. The van der Waals surface area contributed by atoms with Gasteiger partial charge in [-0.2, -0.15) is 18.2 Å². The number of nitrogens with one attached hydrogen (secondary N) is 1. The van der Waals surface area contributed by atoms with Crippen molar-refractivity contribution < 1.29 is 22.7 Å². The lowest BCUT2D eigenvalue weighted by molar-refractivity contribution is -0.137. The van der Waals surface area contributed by atoms with Gasteiger partial charge >= 0.3 is 6.18 Å². The van der Waals surface area contributed by atoms with Gasteiger partial charge in [0.05, 0.1) is 16.6 Å². The summed E-state index contributed by atoms with van der Waals surface area (Å²) in [6.07, 6.45) is -0.163. The predicted molar refractivity (Wildman–Crippen MR) is 131 cm³/mol. The lowest BCUT2D eigenvalue weighted by atomic mass is 10.1. The van der Waals surface area contributed by atoms with Gasteiger partial charge in [-0.05, 0) is 55.0 Å². The molecule has 0 amide bonds. The maximum absolute atomic E-state index is 13.3. The predicted octanol–water partition coefficient (Wildman–Crippen LogP) is 5.74. The maximum atomic E-state index is 13.3. The van der Waals surface area contributed by atoms with E-state index < -0.39 is 17.6 Å². The van der Waals surface area contributed by atoms with Crippen LogP contribution in [-0.2, 0) is 6.18 Å². The number of pyridine rings is 1. The summed E-state index contributed by atoms with van der Waals surface area (Å²) in [7, 11) is 1.68. The highest BCUT2D eigenvalue weighted by Gasteiger charge is 2.31. The van der Waals surface area contributed by atoms with Crippen LogP contribution in [0.15, 0.2) is 73.3 Å². The van der Waals surface area contributed by atoms with Crippen molar-refractivity contribution in [2.45, 2.75) is 13.1 Å². The van der Waals surface area contributed by atoms with E-state index in [4.69, 9.17) is 4.74 Å². The van der Waals surface area contributed by atoms with Crippen molar-refractivity contribution in [2.24, 2.45) is 0 Å². The third-order valence-corrected chi connectivity index (χ3v) is 5.69. The molecule has 0 saturated carbocycles. The summed E-state index contributed by atoms with van der Waals surface area (Å²) in [5.41, 5.74) is 0.781. The smallest absolute Gasteiger partial charge is 0.416 e. The van der Waals surface area contributed by atoms with Gasteiger partial charge in [-0.15, -0.1) is 0 Å². The molecular weight excluding hydrogens is 485 g/mol. The number of hydrogen-bond donors (Lipinski definition) is 1. The van der Waals surface area contributed by atoms with E-state index >= 15 is 0 Å². The zero-order valence-corrected chi connectivity index (χ0v) is 19.6. The summed E-state index contributed by atoms with van der Waals surface area (Å²) >= 11 is 0. The Hall–Kier alpha value is -4.80. The number of halogens is 3. The van der Waals surface area contributed by atoms with Crippen LogP contribution in [0.1, 0.15) is 21.5 Å². The number of aryl methyl sites for hydroxylation is 1. The molecule has 5 rings (SSSR count). The zero-order chi connectivity index (χ0) is 26.2. The number of fused-ring (bicyclic) bond motifs is 1. The molecule has 0 bridgehead atoms. The quantitative estimate of drug-likeness (QED) is 0.326. The molecule has 0 aliphatic rings. The zero-order valence-electron chi connectivity index (χ0n) is 19.6. The minimum absolute atomic E-state index is 0.157. The fraction of sp³-hybridized carbons (Fsp3) is 0.115. The van der Waals surface area contributed by atoms with E-state index in [9.17, 15) is 18.0 Å². The van der Waals surface area contributed by atoms with Crippen molar-refractivity contribution >= 4 is 22.8 Å². The molecule has 0 fully saturated rings. The van der Waals surface area contributed by atoms with E-state index in [0.29, 0.717) is 28.5 Å². The number of alkyl halides is 3. The molecular formula is C26H19F3N6O2. The van der Waals surface area contributed by atoms with Crippen LogP contribution in [0.4, 0.5) is 19.1 Å². The fourth-order valence-corrected chi connectivity index (χ4v) is 3.76. The Bertz CT molecular complexity index is 1630. The molecule has 1 N–H and O–H groups in total. The first-order valence-electron chi connectivity index (χ1n) is 11.1. The molecule has 2 aromatic carbocycles. The van der Waals surface area contributed by atoms with Gasteiger partial charge in [-0.1, -0.05) is 12.1 Å². The van der Waals surface area contributed by atoms with Crippen molar-refractivity contribution in [1.29, 1.82) is 0 Å². The molecule has 3 aromatic heterocycles. The number of aromatic nitrogens is 5. The van der Waals surface area contributed by atoms with Gasteiger partial charge in [0.25, 0.3) is 5.91 Å². The van der Waals surface area contributed by atoms with Crippen LogP contribution in [0.25, 0.3) is 22.3 Å². The van der Waals surface area contributed by atoms with Crippen LogP contribution in [0.2, 0.25) is 0 Å². The molecule has 186 valence electrons. The van der Waals surface area contributed by atoms with E-state index in [1.807, 2.05) is 0 Å². The summed E-state index contributed by atoms with van der Waals surface area (Å²) in [4.78, 5) is 30.2. The summed E-state index contributed by atoms with van der Waals surface area (Å²) in [5, 5.41) is 3.36. The lowest BCUT2D eigenvalue weighted by Gasteiger charge is -2.13. The monoisotopic (exact) mass is 504 g/mol. The van der Waals surface area contributed by atoms with Crippen molar-refractivity contribution in [2.75, 3.05) is 12.4 Å². The highest BCUT2D eigenvalue weighted by atomic mass is 19.4. The summed E-state index contributed by atoms with van der Waals surface area (Å²) < 4.78 is 47.0. The van der Waals surface area contributed by atoms with Crippen molar-refractivity contribution in [1.82, 2.24) is 24.5 Å². The van der Waals surface area contributed by atoms with E-state index in [1.54, 1.807) is 50.5 Å². The fourth-order valence-electron chi connectivity index (χ4n) is 3.76. The van der Waals surface area contributed by atoms with E-state index in [1.165, 1.54) is 29.2 Å². The SMILES string of the molecule is CNc1ncnc(-c2cccnc2Oc2cc(C(=O)n3ccc4ccc(C(F)(F)F)cc43)ccc2C)n1. The maximum Gasteiger partial charge on any atom is 0.416 e. The van der Waals surface area contributed by atoms with Crippen molar-refractivity contribution in [3.63, 3.8) is 0 Å². The number of carbonyl (C=O) groups excluding carboxylic acids is 1. The van der Waals surface area contributed by atoms with Crippen LogP contribution in [0, 0.1) is 6.92 Å². The topological polar surface area (TPSA) is 94.8 Å². The van der Waals surface area contributed by atoms with Crippen LogP contribution in [0.5, 0.6) is 11.6 Å². The van der Waals surface area contributed by atoms with Crippen molar-refractivity contribution in [3.05, 3.63) is 90.0 Å². The van der Waals surface area contributed by atoms with Gasteiger partial charge in [-0.3, -0.25) is 9.36 Å². The summed E-state index contributed by atoms with van der Waals surface area (Å²) in [5.74, 6) is 0.769. The van der Waals surface area contributed by atoms with Gasteiger partial charge in [-0.25, -0.2) is 15.0 Å². The minimum Gasteiger partial charge on any atom is -0.438 e. The number of nitrogens with zero attached hydrogens (tertiary/aromatic N) is 5. The largest absolute Gasteiger partial charge is 0.438 e. The molecule has 0 saturated heterocycles. The van der Waals surface area contributed by atoms with Gasteiger partial charge in [0, 0.05) is 30.4 Å². The highest BCUT2D eigenvalue weighted by molar-refractivity contribution is 6.02. The number of rotatable bonds is 5. The Morgan fingerprint density at radius 3 is 2.65 bits per heavy atom. The molecule has 37 heavy (non-hydrogen) atoms. The molecule has 0 aliphatic heterocycles. The van der Waals surface area contributed by atoms with Gasteiger partial charge in [0.2, 0.25) is 11.8 Å². The number of carbonyl (C=O) groups is 1. The number of ether oxygens (including phenoxy) is 1. The van der Waals surface area contributed by atoms with E-state index in [0.717, 1.165) is 17.7 Å². The normalized spacial score (nSPS) is 11.5.